The minimum atomic E-state index is -0.306. The van der Waals surface area contributed by atoms with Gasteiger partial charge in [0, 0.05) is 7.05 Å². The van der Waals surface area contributed by atoms with E-state index in [1.165, 1.54) is 35.2 Å². The molecule has 1 saturated carbocycles. The highest BCUT2D eigenvalue weighted by Gasteiger charge is 2.29. The normalized spacial score (nSPS) is 14.3. The van der Waals surface area contributed by atoms with Gasteiger partial charge >= 0.3 is 0 Å². The average molecular weight is 494 g/mol. The van der Waals surface area contributed by atoms with Crippen molar-refractivity contribution in [3.63, 3.8) is 0 Å². The first kappa shape index (κ1) is 22.8. The van der Waals surface area contributed by atoms with Gasteiger partial charge in [0.15, 0.2) is 5.16 Å². The van der Waals surface area contributed by atoms with Crippen LogP contribution in [0.4, 0.5) is 4.39 Å². The summed E-state index contributed by atoms with van der Waals surface area (Å²) in [7, 11) is 1.74. The van der Waals surface area contributed by atoms with Gasteiger partial charge in [-0.25, -0.2) is 9.37 Å². The first-order valence-corrected chi connectivity index (χ1v) is 13.0. The number of carbonyl (C=O) groups is 1. The van der Waals surface area contributed by atoms with Gasteiger partial charge in [-0.2, -0.15) is 0 Å². The number of rotatable bonds is 7. The minimum absolute atomic E-state index is 0.0812. The SMILES string of the molecule is CC(c1ccc(F)cc1)N(C)C(=O)CSc1nc2scc(C3CC3)c2c(=O)n1-c1ccccc1. The first-order chi connectivity index (χ1) is 16.4. The summed E-state index contributed by atoms with van der Waals surface area (Å²) in [5, 5.41) is 3.27. The van der Waals surface area contributed by atoms with E-state index in [4.69, 9.17) is 4.98 Å². The van der Waals surface area contributed by atoms with Crippen LogP contribution in [0.5, 0.6) is 0 Å². The van der Waals surface area contributed by atoms with E-state index in [9.17, 15) is 14.0 Å². The molecule has 4 aromatic rings. The maximum absolute atomic E-state index is 13.7. The predicted molar refractivity (Wildman–Crippen MR) is 136 cm³/mol. The number of para-hydroxylation sites is 1. The Balaban J connectivity index is 1.44. The lowest BCUT2D eigenvalue weighted by atomic mass is 10.1. The molecule has 0 bridgehead atoms. The number of thioether (sulfide) groups is 1. The van der Waals surface area contributed by atoms with Crippen LogP contribution in [0.25, 0.3) is 15.9 Å². The van der Waals surface area contributed by atoms with Crippen LogP contribution in [0.3, 0.4) is 0 Å². The Morgan fingerprint density at radius 1 is 1.21 bits per heavy atom. The summed E-state index contributed by atoms with van der Waals surface area (Å²) in [5.74, 6) is 0.183. The molecule has 0 spiro atoms. The third kappa shape index (κ3) is 4.40. The molecule has 0 saturated heterocycles. The van der Waals surface area contributed by atoms with E-state index in [1.807, 2.05) is 37.3 Å². The number of hydrogen-bond donors (Lipinski definition) is 0. The van der Waals surface area contributed by atoms with Crippen LogP contribution in [0.2, 0.25) is 0 Å². The quantitative estimate of drug-likeness (QED) is 0.242. The lowest BCUT2D eigenvalue weighted by Crippen LogP contribution is -2.31. The summed E-state index contributed by atoms with van der Waals surface area (Å²) in [6.45, 7) is 1.91. The van der Waals surface area contributed by atoms with Crippen molar-refractivity contribution in [2.24, 2.45) is 0 Å². The minimum Gasteiger partial charge on any atom is -0.338 e. The lowest BCUT2D eigenvalue weighted by Gasteiger charge is -2.25. The maximum Gasteiger partial charge on any atom is 0.267 e. The third-order valence-electron chi connectivity index (χ3n) is 6.29. The molecule has 2 aromatic heterocycles. The Morgan fingerprint density at radius 3 is 2.59 bits per heavy atom. The summed E-state index contributed by atoms with van der Waals surface area (Å²) < 4.78 is 14.9. The van der Waals surface area contributed by atoms with Gasteiger partial charge in [0.05, 0.1) is 22.9 Å². The highest BCUT2D eigenvalue weighted by molar-refractivity contribution is 7.99. The summed E-state index contributed by atoms with van der Waals surface area (Å²) >= 11 is 2.76. The number of amides is 1. The number of fused-ring (bicyclic) bond motifs is 1. The second kappa shape index (κ2) is 9.35. The Labute approximate surface area is 205 Å². The molecule has 0 aliphatic heterocycles. The van der Waals surface area contributed by atoms with E-state index >= 15 is 0 Å². The third-order valence-corrected chi connectivity index (χ3v) is 8.10. The van der Waals surface area contributed by atoms with E-state index in [-0.39, 0.29) is 29.1 Å². The van der Waals surface area contributed by atoms with Crippen molar-refractivity contribution in [1.29, 1.82) is 0 Å². The van der Waals surface area contributed by atoms with Crippen LogP contribution in [0, 0.1) is 5.82 Å². The van der Waals surface area contributed by atoms with E-state index in [1.54, 1.807) is 28.6 Å². The fraction of sp³-hybridized carbons (Fsp3) is 0.269. The largest absolute Gasteiger partial charge is 0.338 e. The Hall–Kier alpha value is -2.97. The number of benzene rings is 2. The van der Waals surface area contributed by atoms with Gasteiger partial charge in [0.1, 0.15) is 10.6 Å². The molecule has 2 aromatic carbocycles. The number of halogens is 1. The standard InChI is InChI=1S/C26H24FN3O2S2/c1-16(17-10-12-19(27)13-11-17)29(2)22(31)15-34-26-28-24-23(21(14-33-24)18-8-9-18)25(32)30(26)20-6-4-3-5-7-20/h3-7,10-14,16,18H,8-9,15H2,1-2H3. The molecule has 1 atom stereocenters. The molecule has 1 amide bonds. The molecular weight excluding hydrogens is 469 g/mol. The molecule has 1 unspecified atom stereocenters. The number of thiophene rings is 1. The molecule has 0 N–H and O–H groups in total. The van der Waals surface area contributed by atoms with Crippen LogP contribution in [-0.2, 0) is 4.79 Å². The number of hydrogen-bond acceptors (Lipinski definition) is 5. The fourth-order valence-corrected chi connectivity index (χ4v) is 6.00. The predicted octanol–water partition coefficient (Wildman–Crippen LogP) is 5.78. The van der Waals surface area contributed by atoms with Gasteiger partial charge in [-0.3, -0.25) is 14.2 Å². The zero-order valence-corrected chi connectivity index (χ0v) is 20.5. The van der Waals surface area contributed by atoms with Crippen LogP contribution in [0.1, 0.15) is 42.9 Å². The molecule has 174 valence electrons. The second-order valence-corrected chi connectivity index (χ2v) is 10.3. The summed E-state index contributed by atoms with van der Waals surface area (Å²) in [6, 6.07) is 15.4. The Morgan fingerprint density at radius 2 is 1.91 bits per heavy atom. The van der Waals surface area contributed by atoms with Gasteiger partial charge in [0.2, 0.25) is 5.91 Å². The van der Waals surface area contributed by atoms with Crippen LogP contribution in [-0.4, -0.2) is 33.2 Å². The van der Waals surface area contributed by atoms with Crippen molar-refractivity contribution in [2.75, 3.05) is 12.8 Å². The van der Waals surface area contributed by atoms with E-state index in [0.717, 1.165) is 34.5 Å². The molecule has 5 rings (SSSR count). The monoisotopic (exact) mass is 493 g/mol. The molecule has 2 heterocycles. The van der Waals surface area contributed by atoms with Gasteiger partial charge in [-0.05, 0) is 66.5 Å². The lowest BCUT2D eigenvalue weighted by molar-refractivity contribution is -0.128. The molecule has 1 aliphatic carbocycles. The van der Waals surface area contributed by atoms with Crippen molar-refractivity contribution in [2.45, 2.75) is 36.9 Å². The average Bonchev–Trinajstić information content (AvgIpc) is 3.61. The van der Waals surface area contributed by atoms with E-state index < -0.39 is 0 Å². The van der Waals surface area contributed by atoms with Crippen molar-refractivity contribution in [1.82, 2.24) is 14.5 Å². The number of aromatic nitrogens is 2. The molecule has 34 heavy (non-hydrogen) atoms. The van der Waals surface area contributed by atoms with Crippen LogP contribution in [0.15, 0.2) is 69.9 Å². The van der Waals surface area contributed by atoms with Gasteiger partial charge in [-0.15, -0.1) is 11.3 Å². The molecule has 8 heteroatoms. The van der Waals surface area contributed by atoms with Crippen LogP contribution < -0.4 is 5.56 Å². The van der Waals surface area contributed by atoms with E-state index in [0.29, 0.717) is 16.5 Å². The highest BCUT2D eigenvalue weighted by atomic mass is 32.2. The van der Waals surface area contributed by atoms with Crippen LogP contribution >= 0.6 is 23.1 Å². The van der Waals surface area contributed by atoms with Crippen molar-refractivity contribution < 1.29 is 9.18 Å². The Bertz CT molecular complexity index is 1400. The zero-order chi connectivity index (χ0) is 23.8. The molecule has 0 radical (unpaired) electrons. The zero-order valence-electron chi connectivity index (χ0n) is 18.9. The fourth-order valence-electron chi connectivity index (χ4n) is 4.00. The summed E-state index contributed by atoms with van der Waals surface area (Å²) in [5.41, 5.74) is 2.61. The van der Waals surface area contributed by atoms with Crippen molar-refractivity contribution >= 4 is 39.2 Å². The second-order valence-electron chi connectivity index (χ2n) is 8.54. The smallest absolute Gasteiger partial charge is 0.267 e. The Kier molecular flexibility index (Phi) is 6.27. The van der Waals surface area contributed by atoms with Gasteiger partial charge < -0.3 is 4.90 Å². The number of nitrogens with zero attached hydrogens (tertiary/aromatic N) is 3. The first-order valence-electron chi connectivity index (χ1n) is 11.2. The molecule has 5 nitrogen and oxygen atoms in total. The van der Waals surface area contributed by atoms with E-state index in [2.05, 4.69) is 5.38 Å². The van der Waals surface area contributed by atoms with Gasteiger partial charge in [-0.1, -0.05) is 42.1 Å². The summed E-state index contributed by atoms with van der Waals surface area (Å²) in [6.07, 6.45) is 2.22. The van der Waals surface area contributed by atoms with Crippen molar-refractivity contribution in [3.8, 4) is 5.69 Å². The van der Waals surface area contributed by atoms with Crippen molar-refractivity contribution in [3.05, 3.63) is 87.3 Å². The maximum atomic E-state index is 13.7. The van der Waals surface area contributed by atoms with Gasteiger partial charge in [0.25, 0.3) is 5.56 Å². The highest BCUT2D eigenvalue weighted by Crippen LogP contribution is 2.44. The summed E-state index contributed by atoms with van der Waals surface area (Å²) in [4.78, 5) is 33.9. The number of carbonyl (C=O) groups excluding carboxylic acids is 1. The molecule has 1 fully saturated rings. The molecule has 1 aliphatic rings. The topological polar surface area (TPSA) is 55.2 Å². The molecular formula is C26H24FN3O2S2.